The minimum absolute atomic E-state index is 0.0857. The average Bonchev–Trinajstić information content (AvgIpc) is 3.25. The number of carbonyl (C=O) groups is 1. The summed E-state index contributed by atoms with van der Waals surface area (Å²) in [6, 6.07) is 16.4. The minimum atomic E-state index is -0.432. The Hall–Kier alpha value is -3.87. The number of ether oxygens (including phenoxy) is 1. The maximum absolute atomic E-state index is 12.6. The van der Waals surface area contributed by atoms with E-state index in [1.807, 2.05) is 36.4 Å². The normalized spacial score (nSPS) is 13.3. The summed E-state index contributed by atoms with van der Waals surface area (Å²) in [5.41, 5.74) is 3.70. The lowest BCUT2D eigenvalue weighted by molar-refractivity contribution is -0.134. The molecule has 0 saturated carbocycles. The van der Waals surface area contributed by atoms with Gasteiger partial charge in [-0.1, -0.05) is 30.3 Å². The van der Waals surface area contributed by atoms with E-state index in [1.54, 1.807) is 23.4 Å². The second-order valence-corrected chi connectivity index (χ2v) is 7.18. The molecule has 0 fully saturated rings. The van der Waals surface area contributed by atoms with Crippen molar-refractivity contribution in [3.63, 3.8) is 0 Å². The summed E-state index contributed by atoms with van der Waals surface area (Å²) in [6.07, 6.45) is 2.38. The molecule has 7 heteroatoms. The van der Waals surface area contributed by atoms with Gasteiger partial charge in [-0.25, -0.2) is 9.78 Å². The lowest BCUT2D eigenvalue weighted by atomic mass is 10.0. The Balaban J connectivity index is 1.35. The van der Waals surface area contributed by atoms with Crippen LogP contribution in [-0.4, -0.2) is 33.9 Å². The van der Waals surface area contributed by atoms with Gasteiger partial charge in [0, 0.05) is 30.5 Å². The maximum atomic E-state index is 12.6. The molecule has 2 aromatic carbocycles. The predicted octanol–water partition coefficient (Wildman–Crippen LogP) is 3.15. The largest absolute Gasteiger partial charge is 0.484 e. The molecular formula is C23H19N3O4. The van der Waals surface area contributed by atoms with Crippen molar-refractivity contribution in [1.82, 2.24) is 14.9 Å². The van der Waals surface area contributed by atoms with E-state index in [1.165, 1.54) is 6.07 Å². The quantitative estimate of drug-likeness (QED) is 0.531. The van der Waals surface area contributed by atoms with E-state index in [0.717, 1.165) is 34.3 Å². The molecule has 0 radical (unpaired) electrons. The molecule has 1 aliphatic heterocycles. The number of fused-ring (bicyclic) bond motifs is 2. The zero-order valence-electron chi connectivity index (χ0n) is 16.1. The van der Waals surface area contributed by atoms with Crippen molar-refractivity contribution in [2.45, 2.75) is 13.0 Å². The molecule has 0 bridgehead atoms. The lowest BCUT2D eigenvalue weighted by Gasteiger charge is -2.26. The van der Waals surface area contributed by atoms with E-state index in [-0.39, 0.29) is 12.5 Å². The number of aromatic amines is 1. The monoisotopic (exact) mass is 401 g/mol. The molecule has 0 spiro atoms. The lowest BCUT2D eigenvalue weighted by Crippen LogP contribution is -2.38. The number of benzene rings is 2. The predicted molar refractivity (Wildman–Crippen MR) is 111 cm³/mol. The van der Waals surface area contributed by atoms with E-state index in [0.29, 0.717) is 24.4 Å². The number of hydrogen-bond donors (Lipinski definition) is 1. The molecule has 30 heavy (non-hydrogen) atoms. The summed E-state index contributed by atoms with van der Waals surface area (Å²) in [4.78, 5) is 33.7. The van der Waals surface area contributed by atoms with Gasteiger partial charge in [0.2, 0.25) is 0 Å². The van der Waals surface area contributed by atoms with Crippen LogP contribution in [0.5, 0.6) is 5.75 Å². The van der Waals surface area contributed by atoms with Gasteiger partial charge in [0.15, 0.2) is 6.61 Å². The number of nitrogens with one attached hydrogen (secondary N) is 1. The third-order valence-electron chi connectivity index (χ3n) is 5.29. The van der Waals surface area contributed by atoms with Crippen LogP contribution >= 0.6 is 0 Å². The molecule has 0 atom stereocenters. The maximum Gasteiger partial charge on any atom is 0.336 e. The number of imidazole rings is 1. The highest BCUT2D eigenvalue weighted by Gasteiger charge is 2.22. The Morgan fingerprint density at radius 2 is 2.03 bits per heavy atom. The van der Waals surface area contributed by atoms with Gasteiger partial charge in [0.1, 0.15) is 11.3 Å². The fraction of sp³-hybridized carbons (Fsp3) is 0.174. The summed E-state index contributed by atoms with van der Waals surface area (Å²) in [6.45, 7) is 1.04. The Bertz CT molecular complexity index is 1280. The van der Waals surface area contributed by atoms with Crippen molar-refractivity contribution < 1.29 is 13.9 Å². The summed E-state index contributed by atoms with van der Waals surface area (Å²) in [5.74, 6) is 0.373. The Kier molecular flexibility index (Phi) is 4.55. The summed E-state index contributed by atoms with van der Waals surface area (Å²) in [5, 5.41) is 0.808. The zero-order chi connectivity index (χ0) is 20.5. The molecule has 0 unspecified atom stereocenters. The van der Waals surface area contributed by atoms with E-state index < -0.39 is 5.63 Å². The van der Waals surface area contributed by atoms with Crippen LogP contribution in [0.15, 0.2) is 70.1 Å². The molecule has 0 saturated heterocycles. The van der Waals surface area contributed by atoms with Crippen molar-refractivity contribution in [1.29, 1.82) is 0 Å². The highest BCUT2D eigenvalue weighted by molar-refractivity contribution is 5.93. The van der Waals surface area contributed by atoms with Gasteiger partial charge >= 0.3 is 5.63 Å². The molecule has 0 aliphatic carbocycles. The second-order valence-electron chi connectivity index (χ2n) is 7.18. The molecular weight excluding hydrogens is 382 g/mol. The van der Waals surface area contributed by atoms with Crippen LogP contribution < -0.4 is 10.4 Å². The SMILES string of the molecule is O=C(COc1ccc2c(-c3ccccc3)cc(=O)oc2c1)N1CCc2nc[nH]c2C1. The number of rotatable bonds is 4. The number of hydrogen-bond acceptors (Lipinski definition) is 5. The smallest absolute Gasteiger partial charge is 0.336 e. The van der Waals surface area contributed by atoms with E-state index in [2.05, 4.69) is 9.97 Å². The van der Waals surface area contributed by atoms with Gasteiger partial charge < -0.3 is 19.0 Å². The fourth-order valence-corrected chi connectivity index (χ4v) is 3.75. The van der Waals surface area contributed by atoms with Crippen molar-refractivity contribution in [2.75, 3.05) is 13.2 Å². The highest BCUT2D eigenvalue weighted by atomic mass is 16.5. The molecule has 4 aromatic rings. The minimum Gasteiger partial charge on any atom is -0.484 e. The van der Waals surface area contributed by atoms with Crippen LogP contribution in [0.2, 0.25) is 0 Å². The molecule has 1 amide bonds. The summed E-state index contributed by atoms with van der Waals surface area (Å²) >= 11 is 0. The van der Waals surface area contributed by atoms with Crippen LogP contribution in [0.4, 0.5) is 0 Å². The first-order valence-electron chi connectivity index (χ1n) is 9.72. The van der Waals surface area contributed by atoms with Gasteiger partial charge in [0.05, 0.1) is 24.3 Å². The Morgan fingerprint density at radius 3 is 2.90 bits per heavy atom. The zero-order valence-corrected chi connectivity index (χ0v) is 16.1. The molecule has 2 aromatic heterocycles. The number of carbonyl (C=O) groups excluding carboxylic acids is 1. The fourth-order valence-electron chi connectivity index (χ4n) is 3.75. The number of H-pyrrole nitrogens is 1. The molecule has 1 aliphatic rings. The van der Waals surface area contributed by atoms with E-state index in [4.69, 9.17) is 9.15 Å². The first-order chi connectivity index (χ1) is 14.7. The number of aromatic nitrogens is 2. The van der Waals surface area contributed by atoms with Crippen molar-refractivity contribution in [3.05, 3.63) is 82.7 Å². The molecule has 1 N–H and O–H groups in total. The Morgan fingerprint density at radius 1 is 1.17 bits per heavy atom. The van der Waals surface area contributed by atoms with Crippen LogP contribution in [0, 0.1) is 0 Å². The summed E-state index contributed by atoms with van der Waals surface area (Å²) in [7, 11) is 0. The molecule has 150 valence electrons. The third-order valence-corrected chi connectivity index (χ3v) is 5.29. The van der Waals surface area contributed by atoms with Gasteiger partial charge in [-0.3, -0.25) is 4.79 Å². The van der Waals surface area contributed by atoms with Crippen molar-refractivity contribution >= 4 is 16.9 Å². The van der Waals surface area contributed by atoms with Crippen molar-refractivity contribution in [2.24, 2.45) is 0 Å². The van der Waals surface area contributed by atoms with Crippen LogP contribution in [0.1, 0.15) is 11.4 Å². The van der Waals surface area contributed by atoms with Gasteiger partial charge in [-0.05, 0) is 23.3 Å². The third kappa shape index (κ3) is 3.45. The number of nitrogens with zero attached hydrogens (tertiary/aromatic N) is 2. The average molecular weight is 401 g/mol. The standard InChI is InChI=1S/C23H19N3O4/c27-22(26-9-8-19-20(12-26)25-14-24-19)13-29-16-6-7-17-18(15-4-2-1-3-5-15)11-23(28)30-21(17)10-16/h1-7,10-11,14H,8-9,12-13H2,(H,24,25). The highest BCUT2D eigenvalue weighted by Crippen LogP contribution is 2.29. The van der Waals surface area contributed by atoms with E-state index in [9.17, 15) is 9.59 Å². The van der Waals surface area contributed by atoms with Gasteiger partial charge in [0.25, 0.3) is 5.91 Å². The molecule has 7 nitrogen and oxygen atoms in total. The van der Waals surface area contributed by atoms with Crippen LogP contribution in [0.25, 0.3) is 22.1 Å². The van der Waals surface area contributed by atoms with Crippen LogP contribution in [0.3, 0.4) is 0 Å². The number of amides is 1. The van der Waals surface area contributed by atoms with Crippen LogP contribution in [-0.2, 0) is 17.8 Å². The van der Waals surface area contributed by atoms with E-state index >= 15 is 0 Å². The first kappa shape index (κ1) is 18.2. The second kappa shape index (κ2) is 7.51. The molecule has 3 heterocycles. The Labute approximate surface area is 171 Å². The van der Waals surface area contributed by atoms with Gasteiger partial charge in [-0.15, -0.1) is 0 Å². The molecule has 5 rings (SSSR count). The topological polar surface area (TPSA) is 88.4 Å². The summed E-state index contributed by atoms with van der Waals surface area (Å²) < 4.78 is 11.1. The van der Waals surface area contributed by atoms with Crippen molar-refractivity contribution in [3.8, 4) is 16.9 Å². The first-order valence-corrected chi connectivity index (χ1v) is 9.72. The van der Waals surface area contributed by atoms with Gasteiger partial charge in [-0.2, -0.15) is 0 Å².